The topological polar surface area (TPSA) is 77.8 Å². The van der Waals surface area contributed by atoms with Gasteiger partial charge in [0.1, 0.15) is 0 Å². The molecule has 0 unspecified atom stereocenters. The molecule has 2 rings (SSSR count). The number of para-hydroxylation sites is 1. The van der Waals surface area contributed by atoms with Crippen LogP contribution in [0.15, 0.2) is 48.5 Å². The minimum Gasteiger partial charge on any atom is -0.308 e. The molecular weight excluding hydrogens is 337 g/mol. The van der Waals surface area contributed by atoms with Crippen molar-refractivity contribution in [1.82, 2.24) is 0 Å². The maximum absolute atomic E-state index is 13.0. The number of carbonyl (C=O) groups excluding carboxylic acids is 1. The minimum absolute atomic E-state index is 0.00585. The van der Waals surface area contributed by atoms with Gasteiger partial charge in [0, 0.05) is 5.56 Å². The summed E-state index contributed by atoms with van der Waals surface area (Å²) in [4.78, 5) is 33.0. The lowest BCUT2D eigenvalue weighted by Crippen LogP contribution is -2.30. The summed E-state index contributed by atoms with van der Waals surface area (Å²) in [5, 5.41) is 0. The van der Waals surface area contributed by atoms with E-state index in [0.29, 0.717) is 10.4 Å². The smallest absolute Gasteiger partial charge is 0.308 e. The molecule has 0 atom stereocenters. The highest BCUT2D eigenvalue weighted by Gasteiger charge is 2.36. The summed E-state index contributed by atoms with van der Waals surface area (Å²) >= 11 is 0. The Morgan fingerprint density at radius 1 is 0.880 bits per heavy atom. The molecule has 0 heterocycles. The Bertz CT molecular complexity index is 770. The lowest BCUT2D eigenvalue weighted by atomic mass is 9.92. The van der Waals surface area contributed by atoms with Crippen molar-refractivity contribution in [2.75, 3.05) is 4.67 Å². The van der Waals surface area contributed by atoms with E-state index in [1.165, 1.54) is 0 Å². The number of hydrogen-bond acceptors (Lipinski definition) is 2. The number of benzene rings is 2. The first kappa shape index (κ1) is 19.4. The van der Waals surface area contributed by atoms with E-state index in [2.05, 4.69) is 0 Å². The molecule has 6 heteroatoms. The lowest BCUT2D eigenvalue weighted by Gasteiger charge is -2.30. The van der Waals surface area contributed by atoms with E-state index in [1.807, 2.05) is 45.9 Å². The maximum Gasteiger partial charge on any atom is 0.437 e. The molecule has 2 aromatic rings. The van der Waals surface area contributed by atoms with Crippen molar-refractivity contribution in [3.8, 4) is 0 Å². The van der Waals surface area contributed by atoms with Crippen molar-refractivity contribution in [2.24, 2.45) is 0 Å². The van der Waals surface area contributed by atoms with Crippen molar-refractivity contribution in [2.45, 2.75) is 39.5 Å². The van der Waals surface area contributed by atoms with E-state index in [9.17, 15) is 19.1 Å². The molecule has 0 saturated heterocycles. The predicted octanol–water partition coefficient (Wildman–Crippen LogP) is 4.67. The average molecular weight is 361 g/mol. The lowest BCUT2D eigenvalue weighted by molar-refractivity contribution is 0.0998. The number of carbonyl (C=O) groups is 1. The third-order valence-corrected chi connectivity index (χ3v) is 4.93. The van der Waals surface area contributed by atoms with E-state index in [-0.39, 0.29) is 17.4 Å². The van der Waals surface area contributed by atoms with Crippen molar-refractivity contribution in [3.63, 3.8) is 0 Å². The van der Waals surface area contributed by atoms with Crippen LogP contribution in [0, 0.1) is 0 Å². The van der Waals surface area contributed by atoms with Gasteiger partial charge < -0.3 is 9.79 Å². The van der Waals surface area contributed by atoms with Crippen molar-refractivity contribution in [3.05, 3.63) is 65.2 Å². The molecule has 2 N–H and O–H groups in total. The predicted molar refractivity (Wildman–Crippen MR) is 99.9 cm³/mol. The Labute approximate surface area is 148 Å². The van der Waals surface area contributed by atoms with Gasteiger partial charge in [0.25, 0.3) is 5.91 Å². The zero-order valence-electron chi connectivity index (χ0n) is 14.9. The van der Waals surface area contributed by atoms with Gasteiger partial charge in [-0.2, -0.15) is 0 Å². The number of amides is 1. The Balaban J connectivity index is 2.76. The zero-order valence-corrected chi connectivity index (χ0v) is 15.8. The second-order valence-electron chi connectivity index (χ2n) is 6.59. The minimum atomic E-state index is -4.87. The van der Waals surface area contributed by atoms with E-state index in [1.54, 1.807) is 30.3 Å². The second-order valence-corrected chi connectivity index (χ2v) is 8.02. The molecule has 25 heavy (non-hydrogen) atoms. The maximum atomic E-state index is 13.0. The van der Waals surface area contributed by atoms with Crippen LogP contribution in [0.1, 0.15) is 61.0 Å². The van der Waals surface area contributed by atoms with Crippen LogP contribution in [-0.2, 0) is 4.57 Å². The SMILES string of the molecule is CC(C)c1cccc(C(C)C)c1N(C(=O)c1ccccc1)P(=O)(O)O. The molecule has 0 aromatic heterocycles. The van der Waals surface area contributed by atoms with Crippen LogP contribution >= 0.6 is 7.75 Å². The molecule has 2 aromatic carbocycles. The first-order chi connectivity index (χ1) is 11.6. The fourth-order valence-electron chi connectivity index (χ4n) is 2.81. The fourth-order valence-corrected chi connectivity index (χ4v) is 3.65. The van der Waals surface area contributed by atoms with E-state index < -0.39 is 13.7 Å². The Morgan fingerprint density at radius 3 is 1.76 bits per heavy atom. The molecule has 0 aliphatic rings. The molecule has 0 aliphatic carbocycles. The Hall–Kier alpha value is -1.94. The molecule has 134 valence electrons. The van der Waals surface area contributed by atoms with Crippen LogP contribution in [-0.4, -0.2) is 15.7 Å². The van der Waals surface area contributed by atoms with Gasteiger partial charge >= 0.3 is 7.75 Å². The quantitative estimate of drug-likeness (QED) is 0.759. The summed E-state index contributed by atoms with van der Waals surface area (Å²) in [6.45, 7) is 7.75. The standard InChI is InChI=1S/C19H24NO4P/c1-13(2)16-11-8-12-17(14(3)4)18(16)20(25(22,23)24)19(21)15-9-6-5-7-10-15/h5-14H,1-4H3,(H2,22,23,24). The van der Waals surface area contributed by atoms with Gasteiger partial charge in [-0.15, -0.1) is 0 Å². The number of hydrogen-bond donors (Lipinski definition) is 2. The van der Waals surface area contributed by atoms with Gasteiger partial charge in [0.05, 0.1) is 5.69 Å². The van der Waals surface area contributed by atoms with Crippen LogP contribution in [0.2, 0.25) is 0 Å². The van der Waals surface area contributed by atoms with Crippen molar-refractivity contribution < 1.29 is 19.1 Å². The summed E-state index contributed by atoms with van der Waals surface area (Å²) in [6, 6.07) is 13.7. The molecule has 0 bridgehead atoms. The van der Waals surface area contributed by atoms with Gasteiger partial charge in [-0.25, -0.2) is 9.24 Å². The third-order valence-electron chi connectivity index (χ3n) is 4.03. The zero-order chi connectivity index (χ0) is 18.8. The molecule has 0 radical (unpaired) electrons. The third kappa shape index (κ3) is 4.18. The van der Waals surface area contributed by atoms with Gasteiger partial charge in [0.2, 0.25) is 0 Å². The summed E-state index contributed by atoms with van der Waals surface area (Å²) in [6.07, 6.45) is 0. The first-order valence-electron chi connectivity index (χ1n) is 8.23. The second kappa shape index (κ2) is 7.52. The van der Waals surface area contributed by atoms with Crippen LogP contribution < -0.4 is 4.67 Å². The molecule has 0 fully saturated rings. The fraction of sp³-hybridized carbons (Fsp3) is 0.316. The summed E-state index contributed by atoms with van der Waals surface area (Å²) in [5.74, 6) is -0.693. The summed E-state index contributed by atoms with van der Waals surface area (Å²) in [7, 11) is -4.87. The largest absolute Gasteiger partial charge is 0.437 e. The number of rotatable bonds is 5. The molecule has 0 saturated carbocycles. The number of anilines is 1. The van der Waals surface area contributed by atoms with Crippen LogP contribution in [0.5, 0.6) is 0 Å². The van der Waals surface area contributed by atoms with Gasteiger partial charge in [-0.3, -0.25) is 4.79 Å². The van der Waals surface area contributed by atoms with Crippen LogP contribution in [0.25, 0.3) is 0 Å². The monoisotopic (exact) mass is 361 g/mol. The average Bonchev–Trinajstić information content (AvgIpc) is 2.54. The highest BCUT2D eigenvalue weighted by Crippen LogP contribution is 2.49. The van der Waals surface area contributed by atoms with Gasteiger partial charge in [-0.05, 0) is 35.1 Å². The van der Waals surface area contributed by atoms with Crippen LogP contribution in [0.4, 0.5) is 5.69 Å². The molecular formula is C19H24NO4P. The van der Waals surface area contributed by atoms with Gasteiger partial charge in [0.15, 0.2) is 0 Å². The summed E-state index contributed by atoms with van der Waals surface area (Å²) in [5.41, 5.74) is 2.02. The van der Waals surface area contributed by atoms with Crippen molar-refractivity contribution in [1.29, 1.82) is 0 Å². The Morgan fingerprint density at radius 2 is 1.36 bits per heavy atom. The molecule has 0 aliphatic heterocycles. The highest BCUT2D eigenvalue weighted by atomic mass is 31.2. The molecule has 0 spiro atoms. The summed E-state index contributed by atoms with van der Waals surface area (Å²) < 4.78 is 13.0. The highest BCUT2D eigenvalue weighted by molar-refractivity contribution is 7.54. The molecule has 1 amide bonds. The van der Waals surface area contributed by atoms with Crippen molar-refractivity contribution >= 4 is 19.3 Å². The Kier molecular flexibility index (Phi) is 5.83. The number of nitrogens with zero attached hydrogens (tertiary/aromatic N) is 1. The van der Waals surface area contributed by atoms with E-state index in [4.69, 9.17) is 0 Å². The van der Waals surface area contributed by atoms with E-state index >= 15 is 0 Å². The van der Waals surface area contributed by atoms with Crippen LogP contribution in [0.3, 0.4) is 0 Å². The normalized spacial score (nSPS) is 11.8. The van der Waals surface area contributed by atoms with E-state index in [0.717, 1.165) is 11.1 Å². The first-order valence-corrected chi connectivity index (χ1v) is 9.79. The molecule has 5 nitrogen and oxygen atoms in total. The van der Waals surface area contributed by atoms with Gasteiger partial charge in [-0.1, -0.05) is 64.1 Å².